The number of halogens is 4. The molecule has 1 aliphatic rings. The maximum Gasteiger partial charge on any atom is 0.406 e. The summed E-state index contributed by atoms with van der Waals surface area (Å²) in [4.78, 5) is 15.6. The number of carbonyl (C=O) groups is 1. The Morgan fingerprint density at radius 1 is 1.17 bits per heavy atom. The van der Waals surface area contributed by atoms with Crippen molar-refractivity contribution >= 4 is 28.8 Å². The molecule has 0 radical (unpaired) electrons. The van der Waals surface area contributed by atoms with Gasteiger partial charge in [0.25, 0.3) is 0 Å². The number of hydrogen-bond acceptors (Lipinski definition) is 4. The van der Waals surface area contributed by atoms with Crippen molar-refractivity contribution in [1.29, 1.82) is 0 Å². The SMILES string of the molecule is O=C(CN1CCC[C@H]1c1nnc2ccccn12)N(CC(F)(F)F)c1ccc(Cl)cc1. The highest BCUT2D eigenvalue weighted by molar-refractivity contribution is 6.30. The third-order valence-corrected chi connectivity index (χ3v) is 5.37. The second-order valence-corrected chi connectivity index (χ2v) is 7.62. The lowest BCUT2D eigenvalue weighted by Crippen LogP contribution is -2.44. The molecule has 3 heterocycles. The number of alkyl halides is 3. The van der Waals surface area contributed by atoms with E-state index in [2.05, 4.69) is 10.2 Å². The van der Waals surface area contributed by atoms with Crippen molar-refractivity contribution in [3.05, 3.63) is 59.5 Å². The van der Waals surface area contributed by atoms with Crippen LogP contribution in [0.3, 0.4) is 0 Å². The van der Waals surface area contributed by atoms with Crippen molar-refractivity contribution < 1.29 is 18.0 Å². The molecule has 6 nitrogen and oxygen atoms in total. The molecule has 1 aromatic carbocycles. The maximum absolute atomic E-state index is 13.2. The topological polar surface area (TPSA) is 53.7 Å². The number of amides is 1. The summed E-state index contributed by atoms with van der Waals surface area (Å²) in [6.45, 7) is -0.913. The van der Waals surface area contributed by atoms with Crippen LogP contribution in [-0.4, -0.2) is 51.2 Å². The lowest BCUT2D eigenvalue weighted by molar-refractivity contribution is -0.133. The van der Waals surface area contributed by atoms with Crippen LogP contribution in [0.15, 0.2) is 48.7 Å². The summed E-state index contributed by atoms with van der Waals surface area (Å²) in [7, 11) is 0. The van der Waals surface area contributed by atoms with E-state index in [1.54, 1.807) is 0 Å². The summed E-state index contributed by atoms with van der Waals surface area (Å²) < 4.78 is 41.3. The van der Waals surface area contributed by atoms with Crippen molar-refractivity contribution in [3.63, 3.8) is 0 Å². The van der Waals surface area contributed by atoms with Gasteiger partial charge in [-0.05, 0) is 55.8 Å². The Kier molecular flexibility index (Phi) is 5.66. The molecule has 1 amide bonds. The first-order valence-electron chi connectivity index (χ1n) is 9.48. The van der Waals surface area contributed by atoms with Crippen LogP contribution in [-0.2, 0) is 4.79 Å². The largest absolute Gasteiger partial charge is 0.406 e. The molecule has 2 aromatic heterocycles. The molecule has 1 fully saturated rings. The third-order valence-electron chi connectivity index (χ3n) is 5.12. The van der Waals surface area contributed by atoms with Gasteiger partial charge in [0.1, 0.15) is 6.54 Å². The first-order chi connectivity index (χ1) is 14.3. The summed E-state index contributed by atoms with van der Waals surface area (Å²) >= 11 is 5.84. The standard InChI is InChI=1S/C20H19ClF3N5O/c21-14-6-8-15(9-7-14)29(13-20(22,23)24)18(30)12-27-10-3-4-16(27)19-26-25-17-5-1-2-11-28(17)19/h1-2,5-9,11,16H,3-4,10,12-13H2/t16-/m0/s1. The predicted octanol–water partition coefficient (Wildman–Crippen LogP) is 4.12. The Bertz CT molecular complexity index is 1040. The molecule has 0 N–H and O–H groups in total. The van der Waals surface area contributed by atoms with Crippen molar-refractivity contribution in [2.75, 3.05) is 24.5 Å². The lowest BCUT2D eigenvalue weighted by Gasteiger charge is -2.28. The van der Waals surface area contributed by atoms with E-state index in [9.17, 15) is 18.0 Å². The molecular formula is C20H19ClF3N5O. The van der Waals surface area contributed by atoms with E-state index in [1.807, 2.05) is 33.7 Å². The summed E-state index contributed by atoms with van der Waals surface area (Å²) in [6, 6.07) is 11.1. The smallest absolute Gasteiger partial charge is 0.302 e. The maximum atomic E-state index is 13.2. The van der Waals surface area contributed by atoms with Crippen molar-refractivity contribution in [2.45, 2.75) is 25.1 Å². The van der Waals surface area contributed by atoms with Gasteiger partial charge in [-0.25, -0.2) is 0 Å². The van der Waals surface area contributed by atoms with E-state index < -0.39 is 18.6 Å². The molecular weight excluding hydrogens is 419 g/mol. The van der Waals surface area contributed by atoms with Crippen molar-refractivity contribution in [1.82, 2.24) is 19.5 Å². The van der Waals surface area contributed by atoms with Gasteiger partial charge < -0.3 is 4.90 Å². The number of carbonyl (C=O) groups excluding carboxylic acids is 1. The van der Waals surface area contributed by atoms with E-state index in [1.165, 1.54) is 24.3 Å². The van der Waals surface area contributed by atoms with Crippen molar-refractivity contribution in [2.24, 2.45) is 0 Å². The minimum atomic E-state index is -4.52. The van der Waals surface area contributed by atoms with Crippen LogP contribution in [0.25, 0.3) is 5.65 Å². The molecule has 10 heteroatoms. The van der Waals surface area contributed by atoms with E-state index in [4.69, 9.17) is 11.6 Å². The quantitative estimate of drug-likeness (QED) is 0.602. The molecule has 1 atom stereocenters. The second kappa shape index (κ2) is 8.23. The average molecular weight is 438 g/mol. The first kappa shape index (κ1) is 20.6. The van der Waals surface area contributed by atoms with E-state index >= 15 is 0 Å². The van der Waals surface area contributed by atoms with Crippen LogP contribution in [0.2, 0.25) is 5.02 Å². The van der Waals surface area contributed by atoms with Gasteiger partial charge >= 0.3 is 6.18 Å². The lowest BCUT2D eigenvalue weighted by atomic mass is 10.2. The minimum absolute atomic E-state index is 0.148. The van der Waals surface area contributed by atoms with E-state index in [0.717, 1.165) is 17.7 Å². The summed E-state index contributed by atoms with van der Waals surface area (Å²) in [6.07, 6.45) is -1.11. The zero-order chi connectivity index (χ0) is 21.3. The normalized spacial score (nSPS) is 17.5. The molecule has 1 aliphatic heterocycles. The zero-order valence-corrected chi connectivity index (χ0v) is 16.6. The van der Waals surface area contributed by atoms with Gasteiger partial charge in [0.15, 0.2) is 11.5 Å². The number of rotatable bonds is 5. The van der Waals surface area contributed by atoms with Crippen LogP contribution in [0, 0.1) is 0 Å². The Morgan fingerprint density at radius 3 is 2.67 bits per heavy atom. The van der Waals surface area contributed by atoms with Gasteiger partial charge in [0, 0.05) is 16.9 Å². The minimum Gasteiger partial charge on any atom is -0.302 e. The highest BCUT2D eigenvalue weighted by Gasteiger charge is 2.37. The fraction of sp³-hybridized carbons (Fsp3) is 0.350. The molecule has 0 unspecified atom stereocenters. The summed E-state index contributed by atoms with van der Waals surface area (Å²) in [5.74, 6) is 0.0557. The fourth-order valence-corrected chi connectivity index (χ4v) is 3.90. The number of nitrogens with zero attached hydrogens (tertiary/aromatic N) is 5. The molecule has 158 valence electrons. The molecule has 4 rings (SSSR count). The van der Waals surface area contributed by atoms with Gasteiger partial charge in [0.2, 0.25) is 5.91 Å². The highest BCUT2D eigenvalue weighted by atomic mass is 35.5. The van der Waals surface area contributed by atoms with Crippen LogP contribution in [0.4, 0.5) is 18.9 Å². The molecule has 3 aromatic rings. The number of pyridine rings is 1. The first-order valence-corrected chi connectivity index (χ1v) is 9.86. The van der Waals surface area contributed by atoms with Crippen LogP contribution < -0.4 is 4.90 Å². The number of anilines is 1. The van der Waals surface area contributed by atoms with Gasteiger partial charge in [-0.3, -0.25) is 14.1 Å². The number of aromatic nitrogens is 3. The summed E-state index contributed by atoms with van der Waals surface area (Å²) in [5, 5.41) is 8.79. The molecule has 30 heavy (non-hydrogen) atoms. The zero-order valence-electron chi connectivity index (χ0n) is 15.9. The van der Waals surface area contributed by atoms with Gasteiger partial charge in [-0.2, -0.15) is 13.2 Å². The molecule has 0 aliphatic carbocycles. The van der Waals surface area contributed by atoms with E-state index in [0.29, 0.717) is 23.0 Å². The molecule has 0 saturated carbocycles. The van der Waals surface area contributed by atoms with Crippen LogP contribution >= 0.6 is 11.6 Å². The Labute approximate surface area is 175 Å². The summed E-state index contributed by atoms with van der Waals surface area (Å²) in [5.41, 5.74) is 0.843. The monoisotopic (exact) mass is 437 g/mol. The van der Waals surface area contributed by atoms with Crippen molar-refractivity contribution in [3.8, 4) is 0 Å². The third kappa shape index (κ3) is 4.41. The number of fused-ring (bicyclic) bond motifs is 1. The fourth-order valence-electron chi connectivity index (χ4n) is 3.78. The number of benzene rings is 1. The Hall–Kier alpha value is -2.65. The number of likely N-dealkylation sites (tertiary alicyclic amines) is 1. The van der Waals surface area contributed by atoms with E-state index in [-0.39, 0.29) is 18.3 Å². The predicted molar refractivity (Wildman–Crippen MR) is 106 cm³/mol. The van der Waals surface area contributed by atoms with Gasteiger partial charge in [-0.1, -0.05) is 17.7 Å². The molecule has 0 spiro atoms. The second-order valence-electron chi connectivity index (χ2n) is 7.19. The Morgan fingerprint density at radius 2 is 1.93 bits per heavy atom. The molecule has 0 bridgehead atoms. The van der Waals surface area contributed by atoms with Gasteiger partial charge in [0.05, 0.1) is 12.6 Å². The van der Waals surface area contributed by atoms with Crippen LogP contribution in [0.1, 0.15) is 24.7 Å². The highest BCUT2D eigenvalue weighted by Crippen LogP contribution is 2.31. The molecule has 1 saturated heterocycles. The van der Waals surface area contributed by atoms with Crippen LogP contribution in [0.5, 0.6) is 0 Å². The Balaban J connectivity index is 1.57. The average Bonchev–Trinajstić information content (AvgIpc) is 3.32. The number of hydrogen-bond donors (Lipinski definition) is 0. The van der Waals surface area contributed by atoms with Gasteiger partial charge in [-0.15, -0.1) is 10.2 Å².